The van der Waals surface area contributed by atoms with Crippen LogP contribution in [0.25, 0.3) is 0 Å². The number of nitrogens with one attached hydrogen (secondary N) is 2. The summed E-state index contributed by atoms with van der Waals surface area (Å²) < 4.78 is 5.43. The lowest BCUT2D eigenvalue weighted by Gasteiger charge is -2.36. The average molecular weight is 388 g/mol. The molecule has 0 saturated carbocycles. The summed E-state index contributed by atoms with van der Waals surface area (Å²) in [4.78, 5) is 39.2. The second-order valence-electron chi connectivity index (χ2n) is 8.15. The van der Waals surface area contributed by atoms with Crippen LogP contribution in [0.1, 0.15) is 33.6 Å². The summed E-state index contributed by atoms with van der Waals surface area (Å²) >= 11 is 0. The molecule has 28 heavy (non-hydrogen) atoms. The number of nitrogens with zero attached hydrogens (tertiary/aromatic N) is 2. The molecule has 1 aromatic rings. The van der Waals surface area contributed by atoms with Gasteiger partial charge in [0.05, 0.1) is 0 Å². The van der Waals surface area contributed by atoms with E-state index in [-0.39, 0.29) is 23.9 Å². The molecule has 0 aliphatic carbocycles. The molecule has 2 fully saturated rings. The summed E-state index contributed by atoms with van der Waals surface area (Å²) in [5, 5.41) is 5.52. The van der Waals surface area contributed by atoms with Gasteiger partial charge in [-0.25, -0.2) is 4.79 Å². The topological polar surface area (TPSA) is 91.0 Å². The Kier molecular flexibility index (Phi) is 5.76. The van der Waals surface area contributed by atoms with Crippen molar-refractivity contribution in [3.05, 3.63) is 24.3 Å². The quantitative estimate of drug-likeness (QED) is 0.770. The first kappa shape index (κ1) is 20.0. The van der Waals surface area contributed by atoms with Crippen LogP contribution in [0.4, 0.5) is 16.2 Å². The van der Waals surface area contributed by atoms with Crippen molar-refractivity contribution in [2.24, 2.45) is 0 Å². The Morgan fingerprint density at radius 3 is 2.32 bits per heavy atom. The number of carbonyl (C=O) groups excluding carboxylic acids is 3. The third kappa shape index (κ3) is 5.15. The minimum Gasteiger partial charge on any atom is -0.444 e. The summed E-state index contributed by atoms with van der Waals surface area (Å²) in [6.07, 6.45) is 0.582. The van der Waals surface area contributed by atoms with Gasteiger partial charge < -0.3 is 19.9 Å². The van der Waals surface area contributed by atoms with Gasteiger partial charge in [-0.15, -0.1) is 0 Å². The Labute approximate surface area is 165 Å². The van der Waals surface area contributed by atoms with Crippen LogP contribution in [-0.4, -0.2) is 60.6 Å². The van der Waals surface area contributed by atoms with Crippen molar-refractivity contribution in [3.8, 4) is 0 Å². The van der Waals surface area contributed by atoms with Gasteiger partial charge in [0.25, 0.3) is 0 Å². The van der Waals surface area contributed by atoms with E-state index in [1.165, 1.54) is 0 Å². The number of piperazine rings is 1. The molecule has 0 spiro atoms. The number of imide groups is 1. The fourth-order valence-electron chi connectivity index (χ4n) is 3.27. The zero-order valence-electron chi connectivity index (χ0n) is 16.7. The van der Waals surface area contributed by atoms with Crippen molar-refractivity contribution in [2.75, 3.05) is 36.4 Å². The van der Waals surface area contributed by atoms with E-state index in [9.17, 15) is 14.4 Å². The fraction of sp³-hybridized carbons (Fsp3) is 0.550. The predicted molar refractivity (Wildman–Crippen MR) is 106 cm³/mol. The molecule has 1 aromatic carbocycles. The molecule has 0 bridgehead atoms. The predicted octanol–water partition coefficient (Wildman–Crippen LogP) is 1.96. The zero-order valence-corrected chi connectivity index (χ0v) is 16.7. The number of benzene rings is 1. The van der Waals surface area contributed by atoms with Gasteiger partial charge in [0.2, 0.25) is 11.8 Å². The number of piperidine rings is 1. The van der Waals surface area contributed by atoms with Crippen molar-refractivity contribution < 1.29 is 19.1 Å². The summed E-state index contributed by atoms with van der Waals surface area (Å²) in [5.41, 5.74) is 1.42. The Morgan fingerprint density at radius 2 is 1.75 bits per heavy atom. The van der Waals surface area contributed by atoms with Gasteiger partial charge in [-0.05, 0) is 51.5 Å². The van der Waals surface area contributed by atoms with Gasteiger partial charge >= 0.3 is 6.09 Å². The number of carbonyl (C=O) groups is 3. The molecule has 0 unspecified atom stereocenters. The molecule has 1 atom stereocenters. The fourth-order valence-corrected chi connectivity index (χ4v) is 3.27. The maximum absolute atomic E-state index is 12.2. The van der Waals surface area contributed by atoms with Crippen molar-refractivity contribution in [3.63, 3.8) is 0 Å². The van der Waals surface area contributed by atoms with Crippen LogP contribution in [0.15, 0.2) is 24.3 Å². The number of anilines is 2. The lowest BCUT2D eigenvalue weighted by atomic mass is 10.1. The van der Waals surface area contributed by atoms with Crippen molar-refractivity contribution >= 4 is 29.3 Å². The SMILES string of the molecule is CC(C)(C)OC(=O)N1CCN(c2ccc(N[C@H]3CCC(=O)NC3=O)cc2)CC1. The maximum atomic E-state index is 12.2. The highest BCUT2D eigenvalue weighted by Crippen LogP contribution is 2.22. The van der Waals surface area contributed by atoms with Gasteiger partial charge in [-0.1, -0.05) is 0 Å². The van der Waals surface area contributed by atoms with E-state index in [0.29, 0.717) is 25.9 Å². The van der Waals surface area contributed by atoms with Crippen molar-refractivity contribution in [1.82, 2.24) is 10.2 Å². The van der Waals surface area contributed by atoms with E-state index < -0.39 is 5.60 Å². The highest BCUT2D eigenvalue weighted by molar-refractivity contribution is 6.01. The summed E-state index contributed by atoms with van der Waals surface area (Å²) in [7, 11) is 0. The Hall–Kier alpha value is -2.77. The number of rotatable bonds is 3. The van der Waals surface area contributed by atoms with E-state index in [4.69, 9.17) is 4.74 Å². The molecule has 8 nitrogen and oxygen atoms in total. The monoisotopic (exact) mass is 388 g/mol. The molecular formula is C20H28N4O4. The smallest absolute Gasteiger partial charge is 0.410 e. The van der Waals surface area contributed by atoms with Gasteiger partial charge in [0.1, 0.15) is 11.6 Å². The molecule has 152 valence electrons. The van der Waals surface area contributed by atoms with Gasteiger partial charge in [-0.2, -0.15) is 0 Å². The van der Waals surface area contributed by atoms with E-state index in [1.807, 2.05) is 45.0 Å². The molecule has 2 heterocycles. The van der Waals surface area contributed by atoms with Crippen LogP contribution in [0.5, 0.6) is 0 Å². The van der Waals surface area contributed by atoms with Crippen molar-refractivity contribution in [2.45, 2.75) is 45.3 Å². The van der Waals surface area contributed by atoms with E-state index in [0.717, 1.165) is 24.5 Å². The molecule has 2 N–H and O–H groups in total. The zero-order chi connectivity index (χ0) is 20.3. The average Bonchev–Trinajstić information content (AvgIpc) is 2.63. The summed E-state index contributed by atoms with van der Waals surface area (Å²) in [6, 6.07) is 7.47. The first-order valence-electron chi connectivity index (χ1n) is 9.64. The Balaban J connectivity index is 1.51. The van der Waals surface area contributed by atoms with E-state index in [1.54, 1.807) is 4.90 Å². The molecule has 2 aliphatic heterocycles. The van der Waals surface area contributed by atoms with Crippen LogP contribution in [0.2, 0.25) is 0 Å². The van der Waals surface area contributed by atoms with Crippen molar-refractivity contribution in [1.29, 1.82) is 0 Å². The second-order valence-corrected chi connectivity index (χ2v) is 8.15. The second kappa shape index (κ2) is 8.08. The van der Waals surface area contributed by atoms with Crippen LogP contribution in [0.3, 0.4) is 0 Å². The lowest BCUT2D eigenvalue weighted by Crippen LogP contribution is -2.50. The van der Waals surface area contributed by atoms with Crippen LogP contribution in [0, 0.1) is 0 Å². The standard InChI is InChI=1S/C20H28N4O4/c1-20(2,3)28-19(27)24-12-10-23(11-13-24)15-6-4-14(5-7-15)21-16-8-9-17(25)22-18(16)26/h4-7,16,21H,8-13H2,1-3H3,(H,22,25,26)/t16-/m0/s1. The van der Waals surface area contributed by atoms with Gasteiger partial charge in [0, 0.05) is 44.0 Å². The van der Waals surface area contributed by atoms with Crippen LogP contribution in [-0.2, 0) is 14.3 Å². The third-order valence-corrected chi connectivity index (χ3v) is 4.74. The van der Waals surface area contributed by atoms with Gasteiger partial charge in [-0.3, -0.25) is 14.9 Å². The number of amides is 3. The normalized spacial score (nSPS) is 20.6. The largest absolute Gasteiger partial charge is 0.444 e. The molecular weight excluding hydrogens is 360 g/mol. The van der Waals surface area contributed by atoms with Crippen LogP contribution < -0.4 is 15.5 Å². The molecule has 2 saturated heterocycles. The Bertz CT molecular complexity index is 734. The number of ether oxygens (including phenoxy) is 1. The highest BCUT2D eigenvalue weighted by Gasteiger charge is 2.27. The molecule has 0 radical (unpaired) electrons. The molecule has 3 amide bonds. The number of hydrogen-bond donors (Lipinski definition) is 2. The first-order valence-corrected chi connectivity index (χ1v) is 9.64. The third-order valence-electron chi connectivity index (χ3n) is 4.74. The number of hydrogen-bond acceptors (Lipinski definition) is 6. The highest BCUT2D eigenvalue weighted by atomic mass is 16.6. The molecule has 8 heteroatoms. The Morgan fingerprint density at radius 1 is 1.11 bits per heavy atom. The minimum absolute atomic E-state index is 0.219. The minimum atomic E-state index is -0.487. The molecule has 2 aliphatic rings. The molecule has 3 rings (SSSR count). The molecule has 0 aromatic heterocycles. The van der Waals surface area contributed by atoms with E-state index in [2.05, 4.69) is 15.5 Å². The maximum Gasteiger partial charge on any atom is 0.410 e. The lowest BCUT2D eigenvalue weighted by molar-refractivity contribution is -0.133. The first-order chi connectivity index (χ1) is 13.2. The summed E-state index contributed by atoms with van der Waals surface area (Å²) in [5.74, 6) is -0.498. The van der Waals surface area contributed by atoms with E-state index >= 15 is 0 Å². The van der Waals surface area contributed by atoms with Crippen LogP contribution >= 0.6 is 0 Å². The summed E-state index contributed by atoms with van der Waals surface area (Å²) in [6.45, 7) is 8.30. The van der Waals surface area contributed by atoms with Gasteiger partial charge in [0.15, 0.2) is 0 Å².